The molecule has 118 valence electrons. The molecule has 1 aliphatic rings. The Balaban J connectivity index is 1.98. The summed E-state index contributed by atoms with van der Waals surface area (Å²) in [5.41, 5.74) is 8.43. The van der Waals surface area contributed by atoms with Crippen LogP contribution in [0, 0.1) is 0 Å². The van der Waals surface area contributed by atoms with Crippen LogP contribution in [0.25, 0.3) is 0 Å². The summed E-state index contributed by atoms with van der Waals surface area (Å²) in [7, 11) is 0. The van der Waals surface area contributed by atoms with Gasteiger partial charge in [-0.15, -0.1) is 0 Å². The zero-order valence-electron chi connectivity index (χ0n) is 13.3. The van der Waals surface area contributed by atoms with E-state index in [0.717, 1.165) is 44.0 Å². The van der Waals surface area contributed by atoms with Crippen molar-refractivity contribution in [2.24, 2.45) is 5.73 Å². The highest BCUT2D eigenvalue weighted by Crippen LogP contribution is 2.28. The monoisotopic (exact) mass is 309 g/mol. The summed E-state index contributed by atoms with van der Waals surface area (Å²) in [6, 6.07) is 6.65. The van der Waals surface area contributed by atoms with Crippen molar-refractivity contribution < 1.29 is 0 Å². The van der Waals surface area contributed by atoms with Crippen LogP contribution in [-0.2, 0) is 6.42 Å². The van der Waals surface area contributed by atoms with Crippen LogP contribution in [0.1, 0.15) is 32.3 Å². The molecule has 2 N–H and O–H groups in total. The van der Waals surface area contributed by atoms with Crippen molar-refractivity contribution in [2.75, 3.05) is 37.6 Å². The smallest absolute Gasteiger partial charge is 0.0642 e. The molecule has 1 aromatic rings. The number of benzene rings is 1. The lowest BCUT2D eigenvalue weighted by atomic mass is 10.0. The third-order valence-electron chi connectivity index (χ3n) is 4.29. The molecule has 1 aliphatic heterocycles. The van der Waals surface area contributed by atoms with Gasteiger partial charge in [-0.05, 0) is 43.5 Å². The zero-order chi connectivity index (χ0) is 15.2. The molecule has 0 saturated carbocycles. The Labute approximate surface area is 134 Å². The van der Waals surface area contributed by atoms with E-state index in [0.29, 0.717) is 0 Å². The van der Waals surface area contributed by atoms with Crippen LogP contribution in [0.2, 0.25) is 5.02 Å². The molecule has 1 aromatic carbocycles. The quantitative estimate of drug-likeness (QED) is 0.876. The Morgan fingerprint density at radius 1 is 1.19 bits per heavy atom. The molecule has 3 nitrogen and oxygen atoms in total. The maximum atomic E-state index is 6.49. The average molecular weight is 310 g/mol. The first-order valence-electron chi connectivity index (χ1n) is 8.15. The molecular formula is C17H28ClN3. The van der Waals surface area contributed by atoms with Gasteiger partial charge in [-0.2, -0.15) is 0 Å². The number of halogens is 1. The second kappa shape index (κ2) is 8.02. The van der Waals surface area contributed by atoms with Crippen LogP contribution in [0.15, 0.2) is 18.2 Å². The van der Waals surface area contributed by atoms with E-state index in [9.17, 15) is 0 Å². The molecule has 1 saturated heterocycles. The molecule has 0 aromatic heterocycles. The Morgan fingerprint density at radius 3 is 2.48 bits per heavy atom. The van der Waals surface area contributed by atoms with Gasteiger partial charge in [-0.25, -0.2) is 0 Å². The van der Waals surface area contributed by atoms with Crippen molar-refractivity contribution in [1.29, 1.82) is 0 Å². The lowest BCUT2D eigenvalue weighted by Crippen LogP contribution is -2.46. The Kier molecular flexibility index (Phi) is 6.34. The molecular weight excluding hydrogens is 282 g/mol. The standard InChI is InChI=1S/C17H28ClN3/c1-3-7-20-8-10-21(11-9-20)17-6-5-14(13-16(17)18)12-15(19)4-2/h5-6,13,15H,3-4,7-12,19H2,1-2H3. The van der Waals surface area contributed by atoms with Crippen LogP contribution in [-0.4, -0.2) is 43.7 Å². The lowest BCUT2D eigenvalue weighted by molar-refractivity contribution is 0.258. The summed E-state index contributed by atoms with van der Waals surface area (Å²) < 4.78 is 0. The second-order valence-electron chi connectivity index (χ2n) is 5.99. The van der Waals surface area contributed by atoms with Gasteiger partial charge in [0.05, 0.1) is 10.7 Å². The molecule has 0 spiro atoms. The molecule has 21 heavy (non-hydrogen) atoms. The summed E-state index contributed by atoms with van der Waals surface area (Å²) in [6.45, 7) is 9.95. The highest BCUT2D eigenvalue weighted by Gasteiger charge is 2.18. The fourth-order valence-corrected chi connectivity index (χ4v) is 3.23. The van der Waals surface area contributed by atoms with E-state index in [2.05, 4.69) is 41.8 Å². The molecule has 1 atom stereocenters. The highest BCUT2D eigenvalue weighted by atomic mass is 35.5. The predicted molar refractivity (Wildman–Crippen MR) is 92.4 cm³/mol. The van der Waals surface area contributed by atoms with Crippen molar-refractivity contribution in [3.05, 3.63) is 28.8 Å². The Hall–Kier alpha value is -0.770. The number of rotatable bonds is 6. The minimum Gasteiger partial charge on any atom is -0.368 e. The third-order valence-corrected chi connectivity index (χ3v) is 4.59. The first-order chi connectivity index (χ1) is 10.1. The van der Waals surface area contributed by atoms with Gasteiger partial charge < -0.3 is 10.6 Å². The largest absolute Gasteiger partial charge is 0.368 e. The van der Waals surface area contributed by atoms with E-state index < -0.39 is 0 Å². The number of nitrogens with two attached hydrogens (primary N) is 1. The number of anilines is 1. The van der Waals surface area contributed by atoms with E-state index in [4.69, 9.17) is 17.3 Å². The van der Waals surface area contributed by atoms with Crippen LogP contribution >= 0.6 is 11.6 Å². The van der Waals surface area contributed by atoms with Gasteiger partial charge in [-0.3, -0.25) is 4.90 Å². The van der Waals surface area contributed by atoms with Crippen LogP contribution in [0.5, 0.6) is 0 Å². The van der Waals surface area contributed by atoms with Gasteiger partial charge in [-0.1, -0.05) is 31.5 Å². The van der Waals surface area contributed by atoms with E-state index >= 15 is 0 Å². The van der Waals surface area contributed by atoms with E-state index in [1.165, 1.54) is 24.2 Å². The van der Waals surface area contributed by atoms with Crippen molar-refractivity contribution in [1.82, 2.24) is 4.90 Å². The topological polar surface area (TPSA) is 32.5 Å². The maximum Gasteiger partial charge on any atom is 0.0642 e. The molecule has 0 aliphatic carbocycles. The number of hydrogen-bond acceptors (Lipinski definition) is 3. The first kappa shape index (κ1) is 16.6. The van der Waals surface area contributed by atoms with Crippen molar-refractivity contribution in [3.63, 3.8) is 0 Å². The van der Waals surface area contributed by atoms with E-state index in [1.54, 1.807) is 0 Å². The van der Waals surface area contributed by atoms with Crippen molar-refractivity contribution in [3.8, 4) is 0 Å². The molecule has 0 bridgehead atoms. The highest BCUT2D eigenvalue weighted by molar-refractivity contribution is 6.33. The molecule has 2 rings (SSSR count). The SMILES string of the molecule is CCCN1CCN(c2ccc(CC(N)CC)cc2Cl)CC1. The minimum absolute atomic E-state index is 0.226. The van der Waals surface area contributed by atoms with Crippen molar-refractivity contribution >= 4 is 17.3 Å². The molecule has 1 heterocycles. The molecule has 4 heteroatoms. The maximum absolute atomic E-state index is 6.49. The summed E-state index contributed by atoms with van der Waals surface area (Å²) in [5, 5.41) is 0.861. The van der Waals surface area contributed by atoms with Gasteiger partial charge in [0.25, 0.3) is 0 Å². The Bertz CT molecular complexity index is 442. The summed E-state index contributed by atoms with van der Waals surface area (Å²) in [5.74, 6) is 0. The van der Waals surface area contributed by atoms with Gasteiger partial charge >= 0.3 is 0 Å². The van der Waals surface area contributed by atoms with Crippen LogP contribution in [0.3, 0.4) is 0 Å². The Morgan fingerprint density at radius 2 is 1.90 bits per heavy atom. The first-order valence-corrected chi connectivity index (χ1v) is 8.53. The zero-order valence-corrected chi connectivity index (χ0v) is 14.1. The van der Waals surface area contributed by atoms with Gasteiger partial charge in [0, 0.05) is 32.2 Å². The third kappa shape index (κ3) is 4.60. The summed E-state index contributed by atoms with van der Waals surface area (Å²) >= 11 is 6.49. The number of nitrogens with zero attached hydrogens (tertiary/aromatic N) is 2. The van der Waals surface area contributed by atoms with E-state index in [1.807, 2.05) is 0 Å². The lowest BCUT2D eigenvalue weighted by Gasteiger charge is -2.36. The van der Waals surface area contributed by atoms with Crippen LogP contribution < -0.4 is 10.6 Å². The molecule has 0 radical (unpaired) electrons. The molecule has 1 unspecified atom stereocenters. The summed E-state index contributed by atoms with van der Waals surface area (Å²) in [4.78, 5) is 4.93. The van der Waals surface area contributed by atoms with Gasteiger partial charge in [0.2, 0.25) is 0 Å². The average Bonchev–Trinajstić information content (AvgIpc) is 2.49. The van der Waals surface area contributed by atoms with E-state index in [-0.39, 0.29) is 6.04 Å². The number of hydrogen-bond donors (Lipinski definition) is 1. The predicted octanol–water partition coefficient (Wildman–Crippen LogP) is 3.15. The summed E-state index contributed by atoms with van der Waals surface area (Å²) in [6.07, 6.45) is 3.13. The fourth-order valence-electron chi connectivity index (χ4n) is 2.91. The van der Waals surface area contributed by atoms with Gasteiger partial charge in [0.1, 0.15) is 0 Å². The fraction of sp³-hybridized carbons (Fsp3) is 0.647. The minimum atomic E-state index is 0.226. The van der Waals surface area contributed by atoms with Crippen molar-refractivity contribution in [2.45, 2.75) is 39.2 Å². The normalized spacial score (nSPS) is 18.0. The van der Waals surface area contributed by atoms with Crippen LogP contribution in [0.4, 0.5) is 5.69 Å². The molecule has 0 amide bonds. The second-order valence-corrected chi connectivity index (χ2v) is 6.39. The molecule has 1 fully saturated rings. The number of piperazine rings is 1. The van der Waals surface area contributed by atoms with Gasteiger partial charge in [0.15, 0.2) is 0 Å².